The summed E-state index contributed by atoms with van der Waals surface area (Å²) >= 11 is 3.72. The number of phenolic OH excluding ortho intramolecular Hbond substituents is 1. The highest BCUT2D eigenvalue weighted by Gasteiger charge is 2.23. The zero-order valence-corrected chi connectivity index (χ0v) is 32.3. The monoisotopic (exact) mass is 787 g/mol. The number of pyridine rings is 1. The number of rotatable bonds is 19. The Bertz CT molecular complexity index is 2270. The van der Waals surface area contributed by atoms with Gasteiger partial charge in [-0.15, -0.1) is 0 Å². The van der Waals surface area contributed by atoms with Gasteiger partial charge >= 0.3 is 0 Å². The summed E-state index contributed by atoms with van der Waals surface area (Å²) in [6.07, 6.45) is 4.01. The van der Waals surface area contributed by atoms with Gasteiger partial charge in [0, 0.05) is 47.6 Å². The van der Waals surface area contributed by atoms with Gasteiger partial charge in [0.1, 0.15) is 11.5 Å². The Morgan fingerprint density at radius 3 is 2.45 bits per heavy atom. The fourth-order valence-corrected chi connectivity index (χ4v) is 7.65. The van der Waals surface area contributed by atoms with Gasteiger partial charge in [-0.2, -0.15) is 0 Å². The van der Waals surface area contributed by atoms with Crippen LogP contribution in [-0.2, 0) is 20.6 Å². The summed E-state index contributed by atoms with van der Waals surface area (Å²) in [5.41, 5.74) is 9.14. The van der Waals surface area contributed by atoms with Crippen molar-refractivity contribution in [3.8, 4) is 11.5 Å². The Hall–Kier alpha value is -5.19. The lowest BCUT2D eigenvalue weighted by molar-refractivity contribution is 0.0951. The Labute approximate surface area is 325 Å². The molecule has 4 aromatic carbocycles. The third-order valence-electron chi connectivity index (χ3n) is 9.07. The number of aliphatic hydroxyl groups is 1. The lowest BCUT2D eigenvalue weighted by Gasteiger charge is -2.16. The van der Waals surface area contributed by atoms with E-state index in [1.165, 1.54) is 49.7 Å². The van der Waals surface area contributed by atoms with Crippen LogP contribution in [0.5, 0.6) is 11.5 Å². The van der Waals surface area contributed by atoms with Crippen LogP contribution in [0.2, 0.25) is 0 Å². The molecule has 15 heteroatoms. The van der Waals surface area contributed by atoms with Crippen LogP contribution in [0.3, 0.4) is 0 Å². The van der Waals surface area contributed by atoms with E-state index in [2.05, 4.69) is 33.8 Å². The minimum atomic E-state index is -4.12. The summed E-state index contributed by atoms with van der Waals surface area (Å²) < 4.78 is 38.2. The number of nitrogens with one attached hydrogen (secondary N) is 3. The molecule has 0 unspecified atom stereocenters. The first-order valence-corrected chi connectivity index (χ1v) is 19.5. The number of amides is 2. The van der Waals surface area contributed by atoms with Crippen molar-refractivity contribution in [2.75, 3.05) is 32.1 Å². The number of anilines is 2. The largest absolute Gasteiger partial charge is 0.508 e. The van der Waals surface area contributed by atoms with E-state index in [-0.39, 0.29) is 39.2 Å². The van der Waals surface area contributed by atoms with Gasteiger partial charge in [0.15, 0.2) is 0 Å². The number of unbranched alkanes of at least 4 members (excludes halogenated alkanes) is 3. The van der Waals surface area contributed by atoms with E-state index in [4.69, 9.17) is 14.7 Å². The maximum Gasteiger partial charge on any atom is 0.252 e. The normalized spacial score (nSPS) is 12.0. The number of thiol groups is 1. The molecule has 0 aliphatic carbocycles. The van der Waals surface area contributed by atoms with E-state index < -0.39 is 21.8 Å². The molecule has 0 spiro atoms. The number of phenols is 1. The maximum atomic E-state index is 14.0. The van der Waals surface area contributed by atoms with Crippen molar-refractivity contribution in [3.63, 3.8) is 0 Å². The molecule has 0 aliphatic heterocycles. The molecule has 0 radical (unpaired) electrons. The summed E-state index contributed by atoms with van der Waals surface area (Å²) in [4.78, 5) is 29.8. The molecule has 1 aromatic heterocycles. The molecular weight excluding hydrogens is 743 g/mol. The molecule has 55 heavy (non-hydrogen) atoms. The predicted octanol–water partition coefficient (Wildman–Crippen LogP) is 5.91. The van der Waals surface area contributed by atoms with Gasteiger partial charge in [-0.05, 0) is 105 Å². The summed E-state index contributed by atoms with van der Waals surface area (Å²) in [5, 5.41) is 30.1. The summed E-state index contributed by atoms with van der Waals surface area (Å²) in [5.74, 6) is -0.469. The highest BCUT2D eigenvalue weighted by Crippen LogP contribution is 2.35. The quantitative estimate of drug-likeness (QED) is 0.0298. The predicted molar refractivity (Wildman–Crippen MR) is 214 cm³/mol. The van der Waals surface area contributed by atoms with Gasteiger partial charge in [-0.25, -0.2) is 8.42 Å². The van der Waals surface area contributed by atoms with Gasteiger partial charge in [0.2, 0.25) is 9.84 Å². The number of nitrogens with two attached hydrogens (primary N) is 1. The standard InChI is InChI=1S/C40H45N5O8S2/c1-25-17-32(21-33-37(25)44-22-34(39(41)48)38(33)45-29-10-8-11-30(20-29)52-2)55(50,51)31-12-7-9-27(19-31)40(49)43-16-6-4-3-5-15-42-23-36(47)26-13-14-35(46)28(18-26)24-53-54/h7-14,17-22,36,42,46-47,54H,3-6,15-16,23-24H2,1-2H3,(H2,41,48)(H,43,49)(H,44,45)/t36-/m0/s1. The van der Waals surface area contributed by atoms with Crippen molar-refractivity contribution < 1.29 is 37.1 Å². The van der Waals surface area contributed by atoms with Gasteiger partial charge in [0.25, 0.3) is 11.8 Å². The number of nitrogens with zero attached hydrogens (tertiary/aromatic N) is 1. The number of methoxy groups -OCH3 is 1. The van der Waals surface area contributed by atoms with Crippen molar-refractivity contribution in [2.24, 2.45) is 5.73 Å². The van der Waals surface area contributed by atoms with Crippen LogP contribution in [0.25, 0.3) is 10.9 Å². The average Bonchev–Trinajstić information content (AvgIpc) is 3.18. The molecule has 290 valence electrons. The molecular formula is C40H45N5O8S2. The number of carbonyl (C=O) groups is 2. The zero-order chi connectivity index (χ0) is 39.5. The molecule has 1 heterocycles. The van der Waals surface area contributed by atoms with E-state index in [0.717, 1.165) is 25.7 Å². The van der Waals surface area contributed by atoms with Crippen molar-refractivity contribution in [1.82, 2.24) is 15.6 Å². The zero-order valence-electron chi connectivity index (χ0n) is 30.5. The SMILES string of the molecule is COc1cccc(Nc2c(C(N)=O)cnc3c(C)cc(S(=O)(=O)c4cccc(C(=O)NCCCCCCNC[C@H](O)c5ccc(O)c(COS)c5)c4)cc23)c1. The summed E-state index contributed by atoms with van der Waals surface area (Å²) in [6, 6.07) is 20.8. The van der Waals surface area contributed by atoms with E-state index in [1.807, 2.05) is 0 Å². The smallest absolute Gasteiger partial charge is 0.252 e. The first-order chi connectivity index (χ1) is 26.4. The van der Waals surface area contributed by atoms with E-state index in [0.29, 0.717) is 64.4 Å². The maximum absolute atomic E-state index is 14.0. The lowest BCUT2D eigenvalue weighted by atomic mass is 10.1. The minimum Gasteiger partial charge on any atom is -0.508 e. The average molecular weight is 788 g/mol. The van der Waals surface area contributed by atoms with Crippen LogP contribution in [0.1, 0.15) is 69.2 Å². The lowest BCUT2D eigenvalue weighted by Crippen LogP contribution is -2.25. The molecule has 7 N–H and O–H groups in total. The molecule has 5 aromatic rings. The molecule has 0 aliphatic rings. The second kappa shape index (κ2) is 18.9. The molecule has 2 amide bonds. The Balaban J connectivity index is 1.17. The topological polar surface area (TPSA) is 202 Å². The summed E-state index contributed by atoms with van der Waals surface area (Å²) in [7, 11) is -2.59. The molecule has 1 atom stereocenters. The molecule has 13 nitrogen and oxygen atoms in total. The minimum absolute atomic E-state index is 0.0370. The summed E-state index contributed by atoms with van der Waals surface area (Å²) in [6.45, 7) is 3.33. The fraction of sp³-hybridized carbons (Fsp3) is 0.275. The van der Waals surface area contributed by atoms with Crippen molar-refractivity contribution in [1.29, 1.82) is 0 Å². The number of benzene rings is 4. The van der Waals surface area contributed by atoms with Crippen LogP contribution in [0.4, 0.5) is 11.4 Å². The van der Waals surface area contributed by atoms with Crippen LogP contribution in [0.15, 0.2) is 94.9 Å². The first kappa shape index (κ1) is 41.0. The number of primary amides is 1. The van der Waals surface area contributed by atoms with Gasteiger partial charge in [0.05, 0.1) is 46.4 Å². The molecule has 5 rings (SSSR count). The first-order valence-electron chi connectivity index (χ1n) is 17.7. The fourth-order valence-electron chi connectivity index (χ4n) is 6.10. The number of hydrogen-bond donors (Lipinski definition) is 7. The molecule has 0 fully saturated rings. The van der Waals surface area contributed by atoms with E-state index in [9.17, 15) is 28.2 Å². The van der Waals surface area contributed by atoms with Crippen molar-refractivity contribution >= 4 is 56.8 Å². The molecule has 0 bridgehead atoms. The third-order valence-corrected chi connectivity index (χ3v) is 10.9. The highest BCUT2D eigenvalue weighted by molar-refractivity contribution is 7.91. The number of fused-ring (bicyclic) bond motifs is 1. The molecule has 0 saturated carbocycles. The second-order valence-electron chi connectivity index (χ2n) is 13.0. The Kier molecular flexibility index (Phi) is 14.1. The Morgan fingerprint density at radius 2 is 1.71 bits per heavy atom. The third kappa shape index (κ3) is 10.3. The van der Waals surface area contributed by atoms with Gasteiger partial charge in [-0.1, -0.05) is 31.0 Å². The highest BCUT2D eigenvalue weighted by atomic mass is 32.2. The Morgan fingerprint density at radius 1 is 0.945 bits per heavy atom. The number of aryl methyl sites for hydroxylation is 1. The number of aromatic hydroxyl groups is 1. The van der Waals surface area contributed by atoms with Crippen LogP contribution in [0, 0.1) is 6.92 Å². The van der Waals surface area contributed by atoms with E-state index >= 15 is 0 Å². The number of carbonyl (C=O) groups excluding carboxylic acids is 2. The van der Waals surface area contributed by atoms with Gasteiger partial charge in [-0.3, -0.25) is 14.6 Å². The van der Waals surface area contributed by atoms with Crippen LogP contribution < -0.4 is 26.4 Å². The second-order valence-corrected chi connectivity index (χ2v) is 15.2. The van der Waals surface area contributed by atoms with Gasteiger partial charge < -0.3 is 40.8 Å². The number of sulfone groups is 1. The van der Waals surface area contributed by atoms with E-state index in [1.54, 1.807) is 49.4 Å². The molecule has 0 saturated heterocycles. The van der Waals surface area contributed by atoms with Crippen LogP contribution in [-0.4, -0.2) is 62.2 Å². The number of aliphatic hydroxyl groups excluding tert-OH is 1. The van der Waals surface area contributed by atoms with Crippen LogP contribution >= 0.6 is 12.9 Å². The number of aromatic nitrogens is 1. The number of hydrogen-bond acceptors (Lipinski definition) is 12. The van der Waals surface area contributed by atoms with Crippen molar-refractivity contribution in [3.05, 3.63) is 113 Å². The van der Waals surface area contributed by atoms with Crippen molar-refractivity contribution in [2.45, 2.75) is 55.1 Å². The number of ether oxygens (including phenoxy) is 1.